The van der Waals surface area contributed by atoms with Crippen molar-refractivity contribution in [1.82, 2.24) is 4.98 Å². The number of carbonyl (C=O) groups excluding carboxylic acids is 3. The number of esters is 1. The molecule has 1 amide bonds. The average molecular weight is 603 g/mol. The lowest BCUT2D eigenvalue weighted by molar-refractivity contribution is -0.132. The van der Waals surface area contributed by atoms with Gasteiger partial charge in [0, 0.05) is 12.0 Å². The number of anilines is 1. The van der Waals surface area contributed by atoms with Crippen molar-refractivity contribution in [1.29, 1.82) is 0 Å². The summed E-state index contributed by atoms with van der Waals surface area (Å²) in [7, 11) is 0. The number of hydrogen-bond donors (Lipinski definition) is 1. The molecule has 0 saturated carbocycles. The number of fused-ring (bicyclic) bond motifs is 1. The number of ketones is 1. The molecule has 0 aliphatic carbocycles. The topological polar surface area (TPSA) is 115 Å². The van der Waals surface area contributed by atoms with Crippen LogP contribution < -0.4 is 14.4 Å². The summed E-state index contributed by atoms with van der Waals surface area (Å²) in [6.45, 7) is 11.9. The number of aliphatic hydroxyl groups excluding tert-OH is 1. The molecule has 10 heteroatoms. The maximum Gasteiger partial charge on any atom is 0.350 e. The van der Waals surface area contributed by atoms with Crippen LogP contribution in [0.2, 0.25) is 0 Å². The minimum atomic E-state index is -1.03. The van der Waals surface area contributed by atoms with Gasteiger partial charge in [-0.25, -0.2) is 9.78 Å². The monoisotopic (exact) mass is 602 g/mol. The molecule has 2 aliphatic rings. The summed E-state index contributed by atoms with van der Waals surface area (Å²) in [6, 6.07) is 11.3. The van der Waals surface area contributed by atoms with Gasteiger partial charge in [0.25, 0.3) is 5.78 Å². The summed E-state index contributed by atoms with van der Waals surface area (Å²) in [5.74, 6) is -0.894. The molecule has 0 unspecified atom stereocenters. The molecule has 1 fully saturated rings. The van der Waals surface area contributed by atoms with E-state index in [1.165, 1.54) is 11.0 Å². The van der Waals surface area contributed by atoms with E-state index in [0.29, 0.717) is 41.5 Å². The SMILES string of the molecule is C=CCOC(=O)c1sc(N2C(=O)C(=O)C(=C(O)c3ccc4c(c3)C[C@H](C)O4)[C@@H]2c2cccc(OCCC(C)C)c2)nc1C. The zero-order valence-electron chi connectivity index (χ0n) is 24.6. The minimum absolute atomic E-state index is 0.00285. The Kier molecular flexibility index (Phi) is 8.68. The van der Waals surface area contributed by atoms with Crippen LogP contribution in [0.4, 0.5) is 5.13 Å². The third kappa shape index (κ3) is 6.06. The summed E-state index contributed by atoms with van der Waals surface area (Å²) >= 11 is 0.948. The highest BCUT2D eigenvalue weighted by atomic mass is 32.1. The molecule has 224 valence electrons. The van der Waals surface area contributed by atoms with E-state index in [1.807, 2.05) is 6.92 Å². The molecule has 1 aromatic heterocycles. The molecule has 9 nitrogen and oxygen atoms in total. The highest BCUT2D eigenvalue weighted by Crippen LogP contribution is 2.45. The molecule has 2 aliphatic heterocycles. The highest BCUT2D eigenvalue weighted by molar-refractivity contribution is 7.17. The molecule has 43 heavy (non-hydrogen) atoms. The predicted molar refractivity (Wildman–Crippen MR) is 164 cm³/mol. The van der Waals surface area contributed by atoms with Crippen molar-refractivity contribution in [3.63, 3.8) is 0 Å². The van der Waals surface area contributed by atoms with Crippen LogP contribution in [-0.2, 0) is 20.7 Å². The summed E-state index contributed by atoms with van der Waals surface area (Å²) < 4.78 is 17.0. The molecular weight excluding hydrogens is 568 g/mol. The van der Waals surface area contributed by atoms with Crippen LogP contribution in [-0.4, -0.2) is 47.1 Å². The molecule has 0 spiro atoms. The van der Waals surface area contributed by atoms with Crippen molar-refractivity contribution in [2.45, 2.75) is 52.7 Å². The van der Waals surface area contributed by atoms with Gasteiger partial charge < -0.3 is 19.3 Å². The van der Waals surface area contributed by atoms with Crippen molar-refractivity contribution >= 4 is 39.9 Å². The van der Waals surface area contributed by atoms with Crippen LogP contribution in [0.25, 0.3) is 5.76 Å². The van der Waals surface area contributed by atoms with Crippen molar-refractivity contribution in [3.8, 4) is 11.5 Å². The van der Waals surface area contributed by atoms with Gasteiger partial charge in [0.05, 0.1) is 23.9 Å². The van der Waals surface area contributed by atoms with Gasteiger partial charge in [-0.1, -0.05) is 50.0 Å². The molecule has 1 N–H and O–H groups in total. The lowest BCUT2D eigenvalue weighted by atomic mass is 9.94. The Balaban J connectivity index is 1.62. The normalized spacial score (nSPS) is 19.0. The number of aliphatic hydroxyl groups is 1. The number of carbonyl (C=O) groups is 3. The van der Waals surface area contributed by atoms with Crippen molar-refractivity contribution in [2.75, 3.05) is 18.1 Å². The van der Waals surface area contributed by atoms with Crippen LogP contribution >= 0.6 is 11.3 Å². The number of aryl methyl sites for hydroxylation is 1. The highest BCUT2D eigenvalue weighted by Gasteiger charge is 2.48. The first-order chi connectivity index (χ1) is 20.6. The van der Waals surface area contributed by atoms with E-state index in [-0.39, 0.29) is 34.1 Å². The maximum absolute atomic E-state index is 13.7. The molecule has 0 radical (unpaired) electrons. The van der Waals surface area contributed by atoms with E-state index in [1.54, 1.807) is 49.4 Å². The van der Waals surface area contributed by atoms with Crippen LogP contribution in [0.15, 0.2) is 60.7 Å². The number of ether oxygens (including phenoxy) is 3. The van der Waals surface area contributed by atoms with Crippen LogP contribution in [0.5, 0.6) is 11.5 Å². The lowest BCUT2D eigenvalue weighted by Crippen LogP contribution is -2.29. The number of thiazole rings is 1. The van der Waals surface area contributed by atoms with Gasteiger partial charge in [-0.3, -0.25) is 14.5 Å². The second-order valence-electron chi connectivity index (χ2n) is 11.0. The van der Waals surface area contributed by atoms with E-state index in [0.717, 1.165) is 29.1 Å². The number of aromatic nitrogens is 1. The van der Waals surface area contributed by atoms with E-state index < -0.39 is 23.7 Å². The molecule has 3 heterocycles. The Bertz CT molecular complexity index is 1620. The predicted octanol–water partition coefficient (Wildman–Crippen LogP) is 6.17. The first kappa shape index (κ1) is 30.0. The molecule has 0 bridgehead atoms. The van der Waals surface area contributed by atoms with Crippen molar-refractivity contribution in [3.05, 3.63) is 88.0 Å². The number of hydrogen-bond acceptors (Lipinski definition) is 9. The van der Waals surface area contributed by atoms with E-state index in [9.17, 15) is 19.5 Å². The van der Waals surface area contributed by atoms with Gasteiger partial charge in [-0.05, 0) is 67.6 Å². The Morgan fingerprint density at radius 2 is 2.05 bits per heavy atom. The second kappa shape index (κ2) is 12.4. The first-order valence-electron chi connectivity index (χ1n) is 14.2. The second-order valence-corrected chi connectivity index (χ2v) is 12.0. The molecule has 1 saturated heterocycles. The summed E-state index contributed by atoms with van der Waals surface area (Å²) in [6.07, 6.45) is 2.96. The Morgan fingerprint density at radius 3 is 2.79 bits per heavy atom. The van der Waals surface area contributed by atoms with E-state index >= 15 is 0 Å². The van der Waals surface area contributed by atoms with Crippen molar-refractivity contribution in [2.24, 2.45) is 5.92 Å². The van der Waals surface area contributed by atoms with Gasteiger partial charge in [-0.15, -0.1) is 0 Å². The Morgan fingerprint density at radius 1 is 1.26 bits per heavy atom. The number of benzene rings is 2. The fourth-order valence-corrected chi connectivity index (χ4v) is 6.12. The zero-order chi connectivity index (χ0) is 30.8. The molecule has 2 aromatic carbocycles. The molecule has 3 aromatic rings. The summed E-state index contributed by atoms with van der Waals surface area (Å²) in [4.78, 5) is 46.0. The van der Waals surface area contributed by atoms with Crippen molar-refractivity contribution < 1.29 is 33.7 Å². The number of nitrogens with zero attached hydrogens (tertiary/aromatic N) is 2. The van der Waals surface area contributed by atoms with Crippen LogP contribution in [0.3, 0.4) is 0 Å². The quantitative estimate of drug-likeness (QED) is 0.0964. The Labute approximate surface area is 254 Å². The van der Waals surface area contributed by atoms with E-state index in [2.05, 4.69) is 25.4 Å². The van der Waals surface area contributed by atoms with Gasteiger partial charge in [0.15, 0.2) is 5.13 Å². The fraction of sp³-hybridized carbons (Fsp3) is 0.333. The third-order valence-corrected chi connectivity index (χ3v) is 8.40. The third-order valence-electron chi connectivity index (χ3n) is 7.26. The lowest BCUT2D eigenvalue weighted by Gasteiger charge is -2.23. The van der Waals surface area contributed by atoms with Gasteiger partial charge in [0.1, 0.15) is 34.8 Å². The minimum Gasteiger partial charge on any atom is -0.507 e. The van der Waals surface area contributed by atoms with Crippen LogP contribution in [0.1, 0.15) is 65.3 Å². The smallest absolute Gasteiger partial charge is 0.350 e. The van der Waals surface area contributed by atoms with Crippen LogP contribution in [0, 0.1) is 12.8 Å². The van der Waals surface area contributed by atoms with E-state index in [4.69, 9.17) is 14.2 Å². The number of rotatable bonds is 10. The summed E-state index contributed by atoms with van der Waals surface area (Å²) in [5, 5.41) is 11.8. The zero-order valence-corrected chi connectivity index (χ0v) is 25.4. The largest absolute Gasteiger partial charge is 0.507 e. The Hall–Kier alpha value is -4.44. The first-order valence-corrected chi connectivity index (χ1v) is 15.0. The summed E-state index contributed by atoms with van der Waals surface area (Å²) in [5.41, 5.74) is 2.12. The molecule has 5 rings (SSSR count). The van der Waals surface area contributed by atoms with Gasteiger partial charge in [0.2, 0.25) is 0 Å². The number of Topliss-reactive ketones (excluding diaryl/α,β-unsaturated/α-hetero) is 1. The van der Waals surface area contributed by atoms with Gasteiger partial charge >= 0.3 is 11.9 Å². The number of amides is 1. The fourth-order valence-electron chi connectivity index (χ4n) is 5.13. The standard InChI is InChI=1S/C33H34N2O7S/c1-6-13-41-32(39)30-20(5)34-33(43-30)35-27(21-8-7-9-24(17-21)40-14-12-18(2)3)26(29(37)31(35)38)28(36)22-10-11-25-23(16-22)15-19(4)42-25/h6-11,16-19,27,36H,1,12-15H2,2-5H3/t19-,27-/m0/s1. The molecule has 2 atom stereocenters. The maximum atomic E-state index is 13.7. The average Bonchev–Trinajstić information content (AvgIpc) is 3.62. The van der Waals surface area contributed by atoms with Gasteiger partial charge in [-0.2, -0.15) is 0 Å². The molecular formula is C33H34N2O7S.